The molecule has 1 heterocycles. The van der Waals surface area contributed by atoms with Crippen molar-refractivity contribution in [2.75, 3.05) is 17.5 Å². The van der Waals surface area contributed by atoms with Crippen LogP contribution in [0.3, 0.4) is 0 Å². The summed E-state index contributed by atoms with van der Waals surface area (Å²) in [6, 6.07) is 10.9. The second-order valence-corrected chi connectivity index (χ2v) is 9.89. The Bertz CT molecular complexity index is 1290. The summed E-state index contributed by atoms with van der Waals surface area (Å²) in [5.74, 6) is -0.681. The number of fused-ring (bicyclic) bond motifs is 1. The first-order valence-corrected chi connectivity index (χ1v) is 12.0. The first-order valence-electron chi connectivity index (χ1n) is 9.81. The molecule has 32 heavy (non-hydrogen) atoms. The Morgan fingerprint density at radius 3 is 2.50 bits per heavy atom. The average molecular weight is 494 g/mol. The largest absolute Gasteiger partial charge is 0.464 e. The number of hydrogen-bond donors (Lipinski definition) is 0. The summed E-state index contributed by atoms with van der Waals surface area (Å²) in [6.07, 6.45) is 3.17. The third-order valence-corrected chi connectivity index (χ3v) is 7.03. The zero-order valence-corrected chi connectivity index (χ0v) is 19.8. The molecule has 0 saturated carbocycles. The number of nitrogens with zero attached hydrogens (tertiary/aromatic N) is 3. The van der Waals surface area contributed by atoms with Crippen LogP contribution in [0.25, 0.3) is 10.9 Å². The summed E-state index contributed by atoms with van der Waals surface area (Å²) in [6.45, 7) is 1.63. The van der Waals surface area contributed by atoms with Crippen molar-refractivity contribution < 1.29 is 17.9 Å². The van der Waals surface area contributed by atoms with Crippen molar-refractivity contribution >= 4 is 55.8 Å². The predicted octanol–water partition coefficient (Wildman–Crippen LogP) is 4.90. The Hall–Kier alpha value is -2.73. The van der Waals surface area contributed by atoms with Crippen molar-refractivity contribution in [2.24, 2.45) is 7.05 Å². The van der Waals surface area contributed by atoms with Crippen LogP contribution < -0.4 is 4.31 Å². The molecule has 0 radical (unpaired) electrons. The van der Waals surface area contributed by atoms with Crippen LogP contribution in [0.2, 0.25) is 10.0 Å². The van der Waals surface area contributed by atoms with Crippen molar-refractivity contribution in [3.8, 4) is 6.07 Å². The Balaban J connectivity index is 2.10. The van der Waals surface area contributed by atoms with E-state index in [0.29, 0.717) is 22.9 Å². The molecule has 0 saturated heterocycles. The molecular weight excluding hydrogens is 473 g/mol. The van der Waals surface area contributed by atoms with Gasteiger partial charge in [0.25, 0.3) is 10.0 Å². The minimum atomic E-state index is -4.22. The summed E-state index contributed by atoms with van der Waals surface area (Å²) in [7, 11) is -2.46. The minimum Gasteiger partial charge on any atom is -0.464 e. The Kier molecular flexibility index (Phi) is 7.34. The maximum Gasteiger partial charge on any atom is 0.326 e. The maximum absolute atomic E-state index is 13.5. The number of halogens is 2. The molecule has 3 aromatic rings. The molecule has 168 valence electrons. The fraction of sp³-hybridized carbons (Fsp3) is 0.273. The first kappa shape index (κ1) is 23.9. The SMILES string of the molecule is CCCCOC(=O)CN(c1ccc2c(C#N)cn(C)c2c1)S(=O)(=O)c1cc(Cl)cc(Cl)c1. The van der Waals surface area contributed by atoms with Crippen LogP contribution in [-0.4, -0.2) is 32.1 Å². The summed E-state index contributed by atoms with van der Waals surface area (Å²) < 4.78 is 34.9. The highest BCUT2D eigenvalue weighted by Gasteiger charge is 2.29. The number of aromatic nitrogens is 1. The molecule has 0 amide bonds. The number of sulfonamides is 1. The Morgan fingerprint density at radius 1 is 1.19 bits per heavy atom. The molecule has 7 nitrogen and oxygen atoms in total. The number of carbonyl (C=O) groups excluding carboxylic acids is 1. The highest BCUT2D eigenvalue weighted by atomic mass is 35.5. The molecule has 0 bridgehead atoms. The van der Waals surface area contributed by atoms with E-state index in [1.807, 2.05) is 6.92 Å². The van der Waals surface area contributed by atoms with Gasteiger partial charge >= 0.3 is 5.97 Å². The number of carbonyl (C=O) groups is 1. The highest BCUT2D eigenvalue weighted by molar-refractivity contribution is 7.92. The Labute approximate surface area is 196 Å². The lowest BCUT2D eigenvalue weighted by molar-refractivity contribution is -0.141. The zero-order chi connectivity index (χ0) is 23.5. The van der Waals surface area contributed by atoms with E-state index in [0.717, 1.165) is 10.7 Å². The summed E-state index contributed by atoms with van der Waals surface area (Å²) in [5, 5.41) is 10.3. The summed E-state index contributed by atoms with van der Waals surface area (Å²) >= 11 is 12.0. The van der Waals surface area contributed by atoms with Gasteiger partial charge in [0.15, 0.2) is 0 Å². The van der Waals surface area contributed by atoms with Crippen LogP contribution in [0.15, 0.2) is 47.5 Å². The van der Waals surface area contributed by atoms with E-state index in [2.05, 4.69) is 6.07 Å². The van der Waals surface area contributed by atoms with Gasteiger partial charge in [-0.3, -0.25) is 9.10 Å². The number of ether oxygens (including phenoxy) is 1. The van der Waals surface area contributed by atoms with Crippen molar-refractivity contribution in [1.29, 1.82) is 5.26 Å². The predicted molar refractivity (Wildman–Crippen MR) is 124 cm³/mol. The second-order valence-electron chi connectivity index (χ2n) is 7.16. The van der Waals surface area contributed by atoms with Gasteiger partial charge in [-0.25, -0.2) is 8.42 Å². The van der Waals surface area contributed by atoms with Gasteiger partial charge in [-0.1, -0.05) is 36.5 Å². The fourth-order valence-corrected chi connectivity index (χ4v) is 5.36. The van der Waals surface area contributed by atoms with Gasteiger partial charge < -0.3 is 9.30 Å². The van der Waals surface area contributed by atoms with Crippen LogP contribution in [0.5, 0.6) is 0 Å². The number of rotatable bonds is 8. The molecular formula is C22H21Cl2N3O4S. The Morgan fingerprint density at radius 2 is 1.88 bits per heavy atom. The monoisotopic (exact) mass is 493 g/mol. The molecule has 0 spiro atoms. The van der Waals surface area contributed by atoms with E-state index < -0.39 is 22.5 Å². The van der Waals surface area contributed by atoms with E-state index in [4.69, 9.17) is 27.9 Å². The molecule has 0 aliphatic carbocycles. The van der Waals surface area contributed by atoms with Crippen LogP contribution >= 0.6 is 23.2 Å². The van der Waals surface area contributed by atoms with Gasteiger partial charge in [-0.05, 0) is 42.8 Å². The number of anilines is 1. The first-order chi connectivity index (χ1) is 15.2. The summed E-state index contributed by atoms with van der Waals surface area (Å²) in [5.41, 5.74) is 1.35. The molecule has 0 atom stereocenters. The number of hydrogen-bond acceptors (Lipinski definition) is 5. The van der Waals surface area contributed by atoms with Crippen LogP contribution in [0.4, 0.5) is 5.69 Å². The van der Waals surface area contributed by atoms with Crippen molar-refractivity contribution in [3.05, 3.63) is 58.2 Å². The van der Waals surface area contributed by atoms with E-state index in [1.165, 1.54) is 18.2 Å². The van der Waals surface area contributed by atoms with Crippen LogP contribution in [-0.2, 0) is 26.6 Å². The van der Waals surface area contributed by atoms with E-state index in [9.17, 15) is 18.5 Å². The molecule has 2 aromatic carbocycles. The minimum absolute atomic E-state index is 0.151. The van der Waals surface area contributed by atoms with Crippen molar-refractivity contribution in [1.82, 2.24) is 4.57 Å². The van der Waals surface area contributed by atoms with Gasteiger partial charge in [-0.15, -0.1) is 0 Å². The van der Waals surface area contributed by atoms with E-state index in [-0.39, 0.29) is 27.2 Å². The molecule has 1 aromatic heterocycles. The standard InChI is InChI=1S/C22H21Cl2N3O4S/c1-3-4-7-31-22(28)14-27(32(29,30)19-9-16(23)8-17(24)10-19)18-5-6-20-15(12-25)13-26(2)21(20)11-18/h5-6,8-11,13H,3-4,7,14H2,1-2H3. The quantitative estimate of drug-likeness (QED) is 0.328. The number of benzene rings is 2. The molecule has 10 heteroatoms. The molecule has 0 N–H and O–H groups in total. The smallest absolute Gasteiger partial charge is 0.326 e. The number of esters is 1. The van der Waals surface area contributed by atoms with E-state index >= 15 is 0 Å². The molecule has 0 fully saturated rings. The van der Waals surface area contributed by atoms with Crippen LogP contribution in [0, 0.1) is 11.3 Å². The van der Waals surface area contributed by atoms with Crippen molar-refractivity contribution in [3.63, 3.8) is 0 Å². The summed E-state index contributed by atoms with van der Waals surface area (Å²) in [4.78, 5) is 12.3. The molecule has 0 unspecified atom stereocenters. The van der Waals surface area contributed by atoms with Gasteiger partial charge in [0, 0.05) is 28.7 Å². The lowest BCUT2D eigenvalue weighted by Gasteiger charge is -2.24. The normalized spacial score (nSPS) is 11.3. The number of unbranched alkanes of at least 4 members (excludes halogenated alkanes) is 1. The third kappa shape index (κ3) is 5.01. The second kappa shape index (κ2) is 9.82. The van der Waals surface area contributed by atoms with Crippen LogP contribution in [0.1, 0.15) is 25.3 Å². The maximum atomic E-state index is 13.5. The van der Waals surface area contributed by atoms with Crippen molar-refractivity contribution in [2.45, 2.75) is 24.7 Å². The molecule has 0 aliphatic rings. The van der Waals surface area contributed by atoms with Gasteiger partial charge in [0.1, 0.15) is 12.6 Å². The average Bonchev–Trinajstić information content (AvgIpc) is 3.06. The number of aryl methyl sites for hydroxylation is 1. The van der Waals surface area contributed by atoms with Gasteiger partial charge in [-0.2, -0.15) is 5.26 Å². The number of nitriles is 1. The highest BCUT2D eigenvalue weighted by Crippen LogP contribution is 2.31. The molecule has 3 rings (SSSR count). The van der Waals surface area contributed by atoms with Gasteiger partial charge in [0.05, 0.1) is 28.3 Å². The molecule has 0 aliphatic heterocycles. The topological polar surface area (TPSA) is 92.4 Å². The zero-order valence-electron chi connectivity index (χ0n) is 17.5. The lowest BCUT2D eigenvalue weighted by atomic mass is 10.2. The van der Waals surface area contributed by atoms with Gasteiger partial charge in [0.2, 0.25) is 0 Å². The fourth-order valence-electron chi connectivity index (χ4n) is 3.23. The van der Waals surface area contributed by atoms with E-state index in [1.54, 1.807) is 36.0 Å². The lowest BCUT2D eigenvalue weighted by Crippen LogP contribution is -2.36. The third-order valence-electron chi connectivity index (χ3n) is 4.84.